The molecule has 1 atom stereocenters. The highest BCUT2D eigenvalue weighted by atomic mass is 28.4. The van der Waals surface area contributed by atoms with Gasteiger partial charge in [-0.15, -0.1) is 0 Å². The Labute approximate surface area is 174 Å². The van der Waals surface area contributed by atoms with E-state index >= 15 is 0 Å². The molecular weight excluding hydrogens is 386 g/mol. The molecular formula is C21H39NO4Si2. The minimum absolute atomic E-state index is 0.150. The van der Waals surface area contributed by atoms with Gasteiger partial charge in [0.05, 0.1) is 12.9 Å². The Bertz CT molecular complexity index is 590. The molecule has 0 fully saturated rings. The zero-order valence-electron chi connectivity index (χ0n) is 19.2. The Morgan fingerprint density at radius 3 is 1.96 bits per heavy atom. The number of carbonyl (C=O) groups is 1. The molecule has 0 saturated heterocycles. The van der Waals surface area contributed by atoms with Gasteiger partial charge in [-0.05, 0) is 55.3 Å². The van der Waals surface area contributed by atoms with Crippen LogP contribution >= 0.6 is 0 Å². The van der Waals surface area contributed by atoms with Gasteiger partial charge in [-0.25, -0.2) is 4.79 Å². The largest absolute Gasteiger partial charge is 0.549 e. The van der Waals surface area contributed by atoms with Crippen molar-refractivity contribution in [2.45, 2.75) is 90.3 Å². The fourth-order valence-electron chi connectivity index (χ4n) is 2.46. The number of nitriles is 1. The van der Waals surface area contributed by atoms with Gasteiger partial charge in [0.25, 0.3) is 5.60 Å². The zero-order chi connectivity index (χ0) is 22.1. The minimum Gasteiger partial charge on any atom is -0.549 e. The van der Waals surface area contributed by atoms with Crippen LogP contribution in [0, 0.1) is 11.3 Å². The van der Waals surface area contributed by atoms with Gasteiger partial charge in [-0.3, -0.25) is 0 Å². The lowest BCUT2D eigenvalue weighted by Gasteiger charge is -2.40. The molecule has 7 heteroatoms. The van der Waals surface area contributed by atoms with Crippen molar-refractivity contribution in [3.05, 3.63) is 24.5 Å². The molecule has 0 aromatic carbocycles. The predicted octanol–water partition coefficient (Wildman–Crippen LogP) is 5.93. The Kier molecular flexibility index (Phi) is 10.4. The smallest absolute Gasteiger partial charge is 0.356 e. The quantitative estimate of drug-likeness (QED) is 0.178. The first-order valence-electron chi connectivity index (χ1n) is 10.2. The van der Waals surface area contributed by atoms with Gasteiger partial charge in [0, 0.05) is 0 Å². The molecule has 0 aromatic heterocycles. The van der Waals surface area contributed by atoms with E-state index in [1.54, 1.807) is 25.3 Å². The molecule has 160 valence electrons. The van der Waals surface area contributed by atoms with Crippen LogP contribution < -0.4 is 0 Å². The highest BCUT2D eigenvalue weighted by Gasteiger charge is 2.49. The Morgan fingerprint density at radius 2 is 1.57 bits per heavy atom. The number of ether oxygens (including phenoxy) is 1. The van der Waals surface area contributed by atoms with E-state index in [4.69, 9.17) is 13.6 Å². The van der Waals surface area contributed by atoms with Crippen molar-refractivity contribution in [2.75, 3.05) is 6.61 Å². The van der Waals surface area contributed by atoms with Crippen LogP contribution in [0.25, 0.3) is 0 Å². The highest BCUT2D eigenvalue weighted by Crippen LogP contribution is 2.39. The molecule has 0 aromatic rings. The van der Waals surface area contributed by atoms with E-state index in [9.17, 15) is 10.1 Å². The van der Waals surface area contributed by atoms with Crippen molar-refractivity contribution in [3.63, 3.8) is 0 Å². The summed E-state index contributed by atoms with van der Waals surface area (Å²) >= 11 is 0. The summed E-state index contributed by atoms with van der Waals surface area (Å²) in [5.41, 5.74) is -1.75. The summed E-state index contributed by atoms with van der Waals surface area (Å²) in [6, 6.07) is 5.20. The minimum atomic E-state index is -2.39. The van der Waals surface area contributed by atoms with Crippen molar-refractivity contribution >= 4 is 22.6 Å². The molecule has 0 rings (SSSR count). The lowest BCUT2D eigenvalue weighted by Crippen LogP contribution is -2.52. The van der Waals surface area contributed by atoms with Crippen LogP contribution in [0.3, 0.4) is 0 Å². The molecule has 28 heavy (non-hydrogen) atoms. The van der Waals surface area contributed by atoms with E-state index in [-0.39, 0.29) is 11.6 Å². The number of rotatable bonds is 11. The molecule has 5 nitrogen and oxygen atoms in total. The van der Waals surface area contributed by atoms with E-state index in [1.165, 1.54) is 6.08 Å². The third kappa shape index (κ3) is 6.91. The van der Waals surface area contributed by atoms with Gasteiger partial charge < -0.3 is 13.6 Å². The van der Waals surface area contributed by atoms with Crippen LogP contribution in [0.2, 0.25) is 36.3 Å². The first-order valence-corrected chi connectivity index (χ1v) is 15.6. The molecule has 0 saturated carbocycles. The second-order valence-electron chi connectivity index (χ2n) is 8.48. The third-order valence-electron chi connectivity index (χ3n) is 5.74. The second-order valence-corrected chi connectivity index (χ2v) is 17.9. The average molecular weight is 426 g/mol. The fraction of sp³-hybridized carbons (Fsp3) is 0.714. The maximum atomic E-state index is 12.6. The van der Waals surface area contributed by atoms with E-state index in [2.05, 4.69) is 47.6 Å². The van der Waals surface area contributed by atoms with E-state index in [0.29, 0.717) is 0 Å². The van der Waals surface area contributed by atoms with Crippen LogP contribution in [0.1, 0.15) is 48.5 Å². The monoisotopic (exact) mass is 425 g/mol. The second kappa shape index (κ2) is 11.0. The van der Waals surface area contributed by atoms with Crippen LogP contribution in [-0.2, 0) is 18.4 Å². The van der Waals surface area contributed by atoms with Gasteiger partial charge >= 0.3 is 5.97 Å². The Morgan fingerprint density at radius 1 is 1.04 bits per heavy atom. The first kappa shape index (κ1) is 26.6. The highest BCUT2D eigenvalue weighted by molar-refractivity contribution is 6.74. The van der Waals surface area contributed by atoms with E-state index in [0.717, 1.165) is 18.1 Å². The molecule has 0 radical (unpaired) electrons. The fourth-order valence-corrected chi connectivity index (χ4v) is 6.14. The molecule has 0 aliphatic rings. The van der Waals surface area contributed by atoms with Crippen molar-refractivity contribution in [3.8, 4) is 6.07 Å². The van der Waals surface area contributed by atoms with Crippen LogP contribution in [0.4, 0.5) is 0 Å². The first-order chi connectivity index (χ1) is 12.9. The molecule has 1 unspecified atom stereocenters. The molecule has 0 aliphatic carbocycles. The van der Waals surface area contributed by atoms with Crippen LogP contribution in [0.15, 0.2) is 24.5 Å². The number of hydrogen-bond donors (Lipinski definition) is 0. The summed E-state index contributed by atoms with van der Waals surface area (Å²) in [6.45, 7) is 18.6. The molecule has 0 aliphatic heterocycles. The molecule has 0 amide bonds. The van der Waals surface area contributed by atoms with Gasteiger partial charge in [0.1, 0.15) is 6.07 Å². The lowest BCUT2D eigenvalue weighted by molar-refractivity contribution is -0.154. The number of carbonyl (C=O) groups excluding carboxylic acids is 1. The Balaban J connectivity index is 5.67. The maximum Gasteiger partial charge on any atom is 0.356 e. The SMILES string of the molecule is CCOC(=O)C(C#N)(/C=C/C=C/O[Si](CC)(CC)CC)O[Si](C)(C)C(C)(C)C. The van der Waals surface area contributed by atoms with Crippen molar-refractivity contribution < 1.29 is 18.4 Å². The number of hydrogen-bond acceptors (Lipinski definition) is 5. The van der Waals surface area contributed by atoms with E-state index in [1.807, 2.05) is 13.1 Å². The summed E-state index contributed by atoms with van der Waals surface area (Å²) < 4.78 is 17.4. The number of nitrogens with zero attached hydrogens (tertiary/aromatic N) is 1. The van der Waals surface area contributed by atoms with Crippen molar-refractivity contribution in [1.29, 1.82) is 5.26 Å². The van der Waals surface area contributed by atoms with Gasteiger partial charge in [-0.1, -0.05) is 47.6 Å². The third-order valence-corrected chi connectivity index (χ3v) is 14.7. The lowest BCUT2D eigenvalue weighted by atomic mass is 10.1. The van der Waals surface area contributed by atoms with Crippen LogP contribution in [-0.4, -0.2) is 34.8 Å². The summed E-state index contributed by atoms with van der Waals surface area (Å²) in [5.74, 6) is -0.674. The molecule has 0 heterocycles. The van der Waals surface area contributed by atoms with Crippen LogP contribution in [0.5, 0.6) is 0 Å². The topological polar surface area (TPSA) is 68.6 Å². The Hall–Kier alpha value is -1.37. The van der Waals surface area contributed by atoms with Gasteiger partial charge in [0.15, 0.2) is 8.32 Å². The molecule has 0 spiro atoms. The summed E-state index contributed by atoms with van der Waals surface area (Å²) in [7, 11) is -4.11. The van der Waals surface area contributed by atoms with Gasteiger partial charge in [-0.2, -0.15) is 5.26 Å². The van der Waals surface area contributed by atoms with E-state index < -0.39 is 28.2 Å². The normalized spacial score (nSPS) is 15.4. The predicted molar refractivity (Wildman–Crippen MR) is 120 cm³/mol. The molecule has 0 bridgehead atoms. The summed E-state index contributed by atoms with van der Waals surface area (Å²) in [4.78, 5) is 12.6. The number of esters is 1. The average Bonchev–Trinajstić information content (AvgIpc) is 2.63. The standard InChI is InChI=1S/C21H39NO4Si2/c1-10-24-19(23)21(18-22,26-27(8,9)20(5,6)7)16-14-15-17-25-28(11-2,12-3)13-4/h14-17H,10-13H2,1-9H3/b16-14+,17-15+. The van der Waals surface area contributed by atoms with Crippen molar-refractivity contribution in [1.82, 2.24) is 0 Å². The zero-order valence-corrected chi connectivity index (χ0v) is 21.2. The maximum absolute atomic E-state index is 12.6. The van der Waals surface area contributed by atoms with Crippen molar-refractivity contribution in [2.24, 2.45) is 0 Å². The summed E-state index contributed by atoms with van der Waals surface area (Å²) in [6.07, 6.45) is 6.54. The number of allylic oxidation sites excluding steroid dienone is 2. The molecule has 0 N–H and O–H groups in total. The summed E-state index contributed by atoms with van der Waals surface area (Å²) in [5, 5.41) is 9.70. The van der Waals surface area contributed by atoms with Gasteiger partial charge in [0.2, 0.25) is 8.32 Å².